The molecule has 0 aliphatic heterocycles. The van der Waals surface area contributed by atoms with Gasteiger partial charge in [0.25, 0.3) is 0 Å². The molecule has 4 heteroatoms. The summed E-state index contributed by atoms with van der Waals surface area (Å²) in [5, 5.41) is 5.06. The molecule has 0 bridgehead atoms. The molecule has 2 unspecified atom stereocenters. The van der Waals surface area contributed by atoms with E-state index in [1.165, 1.54) is 11.1 Å². The molecule has 2 nitrogen and oxygen atoms in total. The summed E-state index contributed by atoms with van der Waals surface area (Å²) in [6, 6.07) is 10.5. The maximum absolute atomic E-state index is 6.35. The Kier molecular flexibility index (Phi) is 5.61. The van der Waals surface area contributed by atoms with Crippen molar-refractivity contribution in [1.82, 2.24) is 4.90 Å². The van der Waals surface area contributed by atoms with E-state index >= 15 is 0 Å². The van der Waals surface area contributed by atoms with E-state index in [0.29, 0.717) is 0 Å². The highest BCUT2D eigenvalue weighted by molar-refractivity contribution is 7.07. The Hall–Kier alpha value is -0.870. The predicted molar refractivity (Wildman–Crippen MR) is 88.2 cm³/mol. The van der Waals surface area contributed by atoms with E-state index < -0.39 is 0 Å². The molecule has 2 aromatic rings. The van der Waals surface area contributed by atoms with E-state index in [-0.39, 0.29) is 12.1 Å². The predicted octanol–water partition coefficient (Wildman–Crippen LogP) is 4.31. The van der Waals surface area contributed by atoms with Crippen LogP contribution in [-0.2, 0) is 6.54 Å². The minimum absolute atomic E-state index is 0.111. The van der Waals surface area contributed by atoms with Gasteiger partial charge in [0.1, 0.15) is 0 Å². The number of hydrogen-bond acceptors (Lipinski definition) is 3. The molecule has 0 saturated heterocycles. The second-order valence-electron chi connectivity index (χ2n) is 5.12. The lowest BCUT2D eigenvalue weighted by atomic mass is 9.96. The number of likely N-dealkylation sites (N-methyl/N-ethyl adjacent to an activating group) is 1. The Bertz CT molecular complexity index is 510. The molecule has 1 aromatic heterocycles. The molecule has 2 atom stereocenters. The van der Waals surface area contributed by atoms with Crippen LogP contribution in [0.3, 0.4) is 0 Å². The summed E-state index contributed by atoms with van der Waals surface area (Å²) in [6.45, 7) is 3.04. The van der Waals surface area contributed by atoms with Gasteiger partial charge in [-0.3, -0.25) is 4.90 Å². The molecule has 0 amide bonds. The molecule has 0 fully saturated rings. The highest BCUT2D eigenvalue weighted by Gasteiger charge is 2.23. The summed E-state index contributed by atoms with van der Waals surface area (Å²) in [5.41, 5.74) is 8.90. The Morgan fingerprint density at radius 2 is 1.95 bits per heavy atom. The Labute approximate surface area is 130 Å². The van der Waals surface area contributed by atoms with Crippen molar-refractivity contribution >= 4 is 22.9 Å². The van der Waals surface area contributed by atoms with Gasteiger partial charge in [0.05, 0.1) is 0 Å². The zero-order valence-electron chi connectivity index (χ0n) is 11.9. The standard InChI is InChI=1S/C16H21ClN2S/c1-3-15(18)16(13-4-6-14(17)7-5-13)19(2)10-12-8-9-20-11-12/h4-9,11,15-16H,3,10,18H2,1-2H3. The van der Waals surface area contributed by atoms with Crippen LogP contribution in [0.1, 0.15) is 30.5 Å². The third kappa shape index (κ3) is 3.83. The van der Waals surface area contributed by atoms with Gasteiger partial charge in [0.15, 0.2) is 0 Å². The molecule has 108 valence electrons. The van der Waals surface area contributed by atoms with Crippen molar-refractivity contribution < 1.29 is 0 Å². The summed E-state index contributed by atoms with van der Waals surface area (Å²) >= 11 is 7.71. The first kappa shape index (κ1) is 15.5. The van der Waals surface area contributed by atoms with E-state index in [9.17, 15) is 0 Å². The average molecular weight is 309 g/mol. The molecule has 20 heavy (non-hydrogen) atoms. The molecule has 1 heterocycles. The second kappa shape index (κ2) is 7.23. The van der Waals surface area contributed by atoms with Crippen molar-refractivity contribution in [3.63, 3.8) is 0 Å². The van der Waals surface area contributed by atoms with E-state index in [1.807, 2.05) is 12.1 Å². The lowest BCUT2D eigenvalue weighted by Crippen LogP contribution is -2.38. The van der Waals surface area contributed by atoms with Crippen LogP contribution in [-0.4, -0.2) is 18.0 Å². The summed E-state index contributed by atoms with van der Waals surface area (Å²) in [4.78, 5) is 2.32. The fourth-order valence-electron chi connectivity index (χ4n) is 2.48. The Morgan fingerprint density at radius 3 is 2.50 bits per heavy atom. The third-order valence-electron chi connectivity index (χ3n) is 3.58. The monoisotopic (exact) mass is 308 g/mol. The minimum atomic E-state index is 0.111. The number of thiophene rings is 1. The van der Waals surface area contributed by atoms with Gasteiger partial charge in [-0.1, -0.05) is 30.7 Å². The number of nitrogens with two attached hydrogens (primary N) is 1. The van der Waals surface area contributed by atoms with Gasteiger partial charge < -0.3 is 5.73 Å². The first-order chi connectivity index (χ1) is 9.61. The average Bonchev–Trinajstić information content (AvgIpc) is 2.94. The molecule has 0 radical (unpaired) electrons. The van der Waals surface area contributed by atoms with E-state index in [2.05, 4.69) is 47.8 Å². The molecule has 1 aromatic carbocycles. The fraction of sp³-hybridized carbons (Fsp3) is 0.375. The van der Waals surface area contributed by atoms with Gasteiger partial charge in [-0.2, -0.15) is 11.3 Å². The van der Waals surface area contributed by atoms with Crippen molar-refractivity contribution in [2.24, 2.45) is 5.73 Å². The van der Waals surface area contributed by atoms with Crippen LogP contribution in [0.25, 0.3) is 0 Å². The lowest BCUT2D eigenvalue weighted by molar-refractivity contribution is 0.202. The van der Waals surface area contributed by atoms with Crippen molar-refractivity contribution in [2.75, 3.05) is 7.05 Å². The minimum Gasteiger partial charge on any atom is -0.326 e. The largest absolute Gasteiger partial charge is 0.326 e. The third-order valence-corrected chi connectivity index (χ3v) is 4.56. The summed E-state index contributed by atoms with van der Waals surface area (Å²) < 4.78 is 0. The highest BCUT2D eigenvalue weighted by atomic mass is 35.5. The van der Waals surface area contributed by atoms with Crippen molar-refractivity contribution in [1.29, 1.82) is 0 Å². The van der Waals surface area contributed by atoms with E-state index in [1.54, 1.807) is 11.3 Å². The number of rotatable bonds is 6. The van der Waals surface area contributed by atoms with Crippen LogP contribution < -0.4 is 5.73 Å². The second-order valence-corrected chi connectivity index (χ2v) is 6.33. The van der Waals surface area contributed by atoms with Crippen LogP contribution in [0.4, 0.5) is 0 Å². The van der Waals surface area contributed by atoms with Crippen LogP contribution in [0, 0.1) is 0 Å². The van der Waals surface area contributed by atoms with Gasteiger partial charge in [-0.15, -0.1) is 0 Å². The lowest BCUT2D eigenvalue weighted by Gasteiger charge is -2.32. The smallest absolute Gasteiger partial charge is 0.0499 e. The summed E-state index contributed by atoms with van der Waals surface area (Å²) in [6.07, 6.45) is 0.946. The quantitative estimate of drug-likeness (QED) is 0.861. The molecular formula is C16H21ClN2S. The highest BCUT2D eigenvalue weighted by Crippen LogP contribution is 2.27. The van der Waals surface area contributed by atoms with Crippen LogP contribution in [0.5, 0.6) is 0 Å². The number of halogens is 1. The maximum Gasteiger partial charge on any atom is 0.0499 e. The fourth-order valence-corrected chi connectivity index (χ4v) is 3.27. The van der Waals surface area contributed by atoms with Crippen LogP contribution in [0.2, 0.25) is 5.02 Å². The SMILES string of the molecule is CCC(N)C(c1ccc(Cl)cc1)N(C)Cc1ccsc1. The molecule has 2 rings (SSSR count). The van der Waals surface area contributed by atoms with Gasteiger partial charge in [0, 0.05) is 23.7 Å². The Morgan fingerprint density at radius 1 is 1.25 bits per heavy atom. The molecule has 0 aliphatic carbocycles. The zero-order chi connectivity index (χ0) is 14.5. The van der Waals surface area contributed by atoms with E-state index in [0.717, 1.165) is 18.0 Å². The van der Waals surface area contributed by atoms with Crippen molar-refractivity contribution in [3.05, 3.63) is 57.2 Å². The number of benzene rings is 1. The topological polar surface area (TPSA) is 29.3 Å². The van der Waals surface area contributed by atoms with Gasteiger partial charge >= 0.3 is 0 Å². The van der Waals surface area contributed by atoms with Crippen molar-refractivity contribution in [2.45, 2.75) is 32.0 Å². The maximum atomic E-state index is 6.35. The summed E-state index contributed by atoms with van der Waals surface area (Å²) in [7, 11) is 2.13. The Balaban J connectivity index is 2.20. The number of hydrogen-bond donors (Lipinski definition) is 1. The molecule has 0 aliphatic rings. The molecular weight excluding hydrogens is 288 g/mol. The first-order valence-corrected chi connectivity index (χ1v) is 8.16. The van der Waals surface area contributed by atoms with Crippen LogP contribution in [0.15, 0.2) is 41.1 Å². The van der Waals surface area contributed by atoms with Crippen molar-refractivity contribution in [3.8, 4) is 0 Å². The number of nitrogens with zero attached hydrogens (tertiary/aromatic N) is 1. The zero-order valence-corrected chi connectivity index (χ0v) is 13.5. The van der Waals surface area contributed by atoms with Crippen LogP contribution >= 0.6 is 22.9 Å². The van der Waals surface area contributed by atoms with Gasteiger partial charge in [-0.25, -0.2) is 0 Å². The molecule has 0 saturated carbocycles. The first-order valence-electron chi connectivity index (χ1n) is 6.84. The van der Waals surface area contributed by atoms with E-state index in [4.69, 9.17) is 17.3 Å². The summed E-state index contributed by atoms with van der Waals surface area (Å²) in [5.74, 6) is 0. The molecule has 0 spiro atoms. The normalized spacial score (nSPS) is 14.4. The molecule has 2 N–H and O–H groups in total. The van der Waals surface area contributed by atoms with Gasteiger partial charge in [-0.05, 0) is 53.6 Å². The van der Waals surface area contributed by atoms with Gasteiger partial charge in [0.2, 0.25) is 0 Å².